The first-order valence-electron chi connectivity index (χ1n) is 5.90. The Balaban J connectivity index is 2.55. The second kappa shape index (κ2) is 6.84. The molecule has 0 aliphatic heterocycles. The molecule has 0 heterocycles. The average molecular weight is 268 g/mol. The van der Waals surface area contributed by atoms with Crippen molar-refractivity contribution in [2.45, 2.75) is 19.4 Å². The summed E-state index contributed by atoms with van der Waals surface area (Å²) in [5, 5.41) is 11.4. The summed E-state index contributed by atoms with van der Waals surface area (Å²) in [5.41, 5.74) is 0.224. The van der Waals surface area contributed by atoms with E-state index in [1.807, 2.05) is 0 Å². The average Bonchev–Trinajstić information content (AvgIpc) is 2.34. The van der Waals surface area contributed by atoms with Crippen molar-refractivity contribution in [2.24, 2.45) is 0 Å². The summed E-state index contributed by atoms with van der Waals surface area (Å²) in [5.74, 6) is -2.06. The molecule has 1 rings (SSSR count). The first-order valence-corrected chi connectivity index (χ1v) is 5.90. The van der Waals surface area contributed by atoms with E-state index >= 15 is 0 Å². The van der Waals surface area contributed by atoms with Crippen molar-refractivity contribution in [2.75, 3.05) is 18.9 Å². The summed E-state index contributed by atoms with van der Waals surface area (Å²) >= 11 is 0. The number of anilines is 1. The van der Waals surface area contributed by atoms with Crippen molar-refractivity contribution >= 4 is 17.5 Å². The van der Waals surface area contributed by atoms with E-state index in [1.54, 1.807) is 6.92 Å². The van der Waals surface area contributed by atoms with Gasteiger partial charge in [-0.1, -0.05) is 6.07 Å². The van der Waals surface area contributed by atoms with Gasteiger partial charge in [0, 0.05) is 19.3 Å². The predicted octanol–water partition coefficient (Wildman–Crippen LogP) is 0.993. The number of hydrogen-bond donors (Lipinski definition) is 2. The highest BCUT2D eigenvalue weighted by Crippen LogP contribution is 2.09. The molecule has 1 aromatic rings. The zero-order chi connectivity index (χ0) is 14.4. The van der Waals surface area contributed by atoms with Gasteiger partial charge in [-0.25, -0.2) is 4.39 Å². The largest absolute Gasteiger partial charge is 0.393 e. The third-order valence-corrected chi connectivity index (χ3v) is 2.51. The van der Waals surface area contributed by atoms with Crippen molar-refractivity contribution in [1.82, 2.24) is 4.90 Å². The summed E-state index contributed by atoms with van der Waals surface area (Å²) in [7, 11) is 1.47. The fourth-order valence-corrected chi connectivity index (χ4v) is 1.41. The first kappa shape index (κ1) is 15.1. The molecule has 2 amide bonds. The van der Waals surface area contributed by atoms with Crippen molar-refractivity contribution in [3.05, 3.63) is 30.1 Å². The highest BCUT2D eigenvalue weighted by Gasteiger charge is 2.18. The molecule has 0 aromatic heterocycles. The molecule has 0 radical (unpaired) electrons. The topological polar surface area (TPSA) is 69.6 Å². The van der Waals surface area contributed by atoms with Crippen LogP contribution >= 0.6 is 0 Å². The summed E-state index contributed by atoms with van der Waals surface area (Å²) in [6, 6.07) is 5.30. The third kappa shape index (κ3) is 5.05. The van der Waals surface area contributed by atoms with Crippen molar-refractivity contribution < 1.29 is 19.1 Å². The number of benzene rings is 1. The Bertz CT molecular complexity index is 463. The van der Waals surface area contributed by atoms with Gasteiger partial charge in [-0.3, -0.25) is 9.59 Å². The quantitative estimate of drug-likeness (QED) is 0.800. The number of carbonyl (C=O) groups is 2. The van der Waals surface area contributed by atoms with Crippen LogP contribution in [0.1, 0.15) is 13.3 Å². The van der Waals surface area contributed by atoms with Gasteiger partial charge < -0.3 is 15.3 Å². The Morgan fingerprint density at radius 1 is 1.47 bits per heavy atom. The molecular formula is C13H17FN2O3. The van der Waals surface area contributed by atoms with E-state index in [0.29, 0.717) is 6.42 Å². The number of amides is 2. The molecule has 6 heteroatoms. The Kier molecular flexibility index (Phi) is 5.44. The number of aliphatic hydroxyl groups is 1. The minimum absolute atomic E-state index is 0.224. The lowest BCUT2D eigenvalue weighted by atomic mass is 10.2. The normalized spacial score (nSPS) is 11.8. The number of halogens is 1. The fourth-order valence-electron chi connectivity index (χ4n) is 1.41. The van der Waals surface area contributed by atoms with E-state index < -0.39 is 23.7 Å². The van der Waals surface area contributed by atoms with Gasteiger partial charge in [-0.05, 0) is 31.5 Å². The van der Waals surface area contributed by atoms with E-state index in [1.165, 1.54) is 30.1 Å². The molecule has 0 bridgehead atoms. The maximum Gasteiger partial charge on any atom is 0.313 e. The van der Waals surface area contributed by atoms with Gasteiger partial charge in [0.2, 0.25) is 0 Å². The van der Waals surface area contributed by atoms with Crippen LogP contribution in [0, 0.1) is 5.82 Å². The molecule has 104 valence electrons. The van der Waals surface area contributed by atoms with Crippen LogP contribution in [0.4, 0.5) is 10.1 Å². The lowest BCUT2D eigenvalue weighted by Crippen LogP contribution is -2.38. The van der Waals surface area contributed by atoms with E-state index in [4.69, 9.17) is 5.11 Å². The van der Waals surface area contributed by atoms with E-state index in [-0.39, 0.29) is 12.2 Å². The Morgan fingerprint density at radius 2 is 2.16 bits per heavy atom. The molecule has 5 nitrogen and oxygen atoms in total. The summed E-state index contributed by atoms with van der Waals surface area (Å²) in [6.45, 7) is 1.87. The van der Waals surface area contributed by atoms with Crippen LogP contribution in [-0.4, -0.2) is 41.5 Å². The smallest absolute Gasteiger partial charge is 0.313 e. The number of carbonyl (C=O) groups excluding carboxylic acids is 2. The van der Waals surface area contributed by atoms with Crippen LogP contribution in [-0.2, 0) is 9.59 Å². The minimum atomic E-state index is -0.835. The van der Waals surface area contributed by atoms with E-state index in [9.17, 15) is 14.0 Å². The molecule has 0 aliphatic carbocycles. The zero-order valence-electron chi connectivity index (χ0n) is 10.9. The molecule has 1 atom stereocenters. The highest BCUT2D eigenvalue weighted by atomic mass is 19.1. The van der Waals surface area contributed by atoms with Crippen LogP contribution in [0.2, 0.25) is 0 Å². The number of rotatable bonds is 4. The van der Waals surface area contributed by atoms with Gasteiger partial charge >= 0.3 is 11.8 Å². The fraction of sp³-hybridized carbons (Fsp3) is 0.385. The second-order valence-corrected chi connectivity index (χ2v) is 4.33. The Morgan fingerprint density at radius 3 is 2.74 bits per heavy atom. The SMILES string of the molecule is CC(O)CCN(C)C(=O)C(=O)Nc1cccc(F)c1. The van der Waals surface area contributed by atoms with Gasteiger partial charge in [0.1, 0.15) is 5.82 Å². The Hall–Kier alpha value is -1.95. The van der Waals surface area contributed by atoms with Gasteiger partial charge in [0.05, 0.1) is 6.10 Å². The summed E-state index contributed by atoms with van der Waals surface area (Å²) in [6.07, 6.45) is -0.156. The van der Waals surface area contributed by atoms with Crippen molar-refractivity contribution in [1.29, 1.82) is 0 Å². The number of aliphatic hydroxyl groups excluding tert-OH is 1. The van der Waals surface area contributed by atoms with Crippen LogP contribution in [0.5, 0.6) is 0 Å². The molecular weight excluding hydrogens is 251 g/mol. The molecule has 1 unspecified atom stereocenters. The lowest BCUT2D eigenvalue weighted by molar-refractivity contribution is -0.142. The van der Waals surface area contributed by atoms with Gasteiger partial charge in [0.15, 0.2) is 0 Å². The van der Waals surface area contributed by atoms with Gasteiger partial charge in [0.25, 0.3) is 0 Å². The Labute approximate surface area is 111 Å². The van der Waals surface area contributed by atoms with Crippen LogP contribution in [0.3, 0.4) is 0 Å². The number of hydrogen-bond acceptors (Lipinski definition) is 3. The number of nitrogens with zero attached hydrogens (tertiary/aromatic N) is 1. The molecule has 0 spiro atoms. The zero-order valence-corrected chi connectivity index (χ0v) is 10.9. The summed E-state index contributed by atoms with van der Waals surface area (Å²) in [4.78, 5) is 24.5. The molecule has 0 saturated heterocycles. The first-order chi connectivity index (χ1) is 8.90. The molecule has 0 fully saturated rings. The molecule has 0 saturated carbocycles. The molecule has 2 N–H and O–H groups in total. The molecule has 1 aromatic carbocycles. The van der Waals surface area contributed by atoms with E-state index in [0.717, 1.165) is 6.07 Å². The van der Waals surface area contributed by atoms with Gasteiger partial charge in [-0.15, -0.1) is 0 Å². The van der Waals surface area contributed by atoms with Crippen LogP contribution in [0.15, 0.2) is 24.3 Å². The van der Waals surface area contributed by atoms with Crippen molar-refractivity contribution in [3.63, 3.8) is 0 Å². The molecule has 0 aliphatic rings. The third-order valence-electron chi connectivity index (χ3n) is 2.51. The minimum Gasteiger partial charge on any atom is -0.393 e. The maximum absolute atomic E-state index is 12.9. The monoisotopic (exact) mass is 268 g/mol. The number of likely N-dealkylation sites (N-methyl/N-ethyl adjacent to an activating group) is 1. The maximum atomic E-state index is 12.9. The highest BCUT2D eigenvalue weighted by molar-refractivity contribution is 6.39. The van der Waals surface area contributed by atoms with Crippen LogP contribution < -0.4 is 5.32 Å². The second-order valence-electron chi connectivity index (χ2n) is 4.33. The standard InChI is InChI=1S/C13H17FN2O3/c1-9(17)6-7-16(2)13(19)12(18)15-11-5-3-4-10(14)8-11/h3-5,8-9,17H,6-7H2,1-2H3,(H,15,18). The lowest BCUT2D eigenvalue weighted by Gasteiger charge is -2.17. The summed E-state index contributed by atoms with van der Waals surface area (Å²) < 4.78 is 12.9. The molecule has 19 heavy (non-hydrogen) atoms. The van der Waals surface area contributed by atoms with Crippen LogP contribution in [0.25, 0.3) is 0 Å². The number of nitrogens with one attached hydrogen (secondary N) is 1. The predicted molar refractivity (Wildman–Crippen MR) is 69.0 cm³/mol. The van der Waals surface area contributed by atoms with Gasteiger partial charge in [-0.2, -0.15) is 0 Å². The van der Waals surface area contributed by atoms with E-state index in [2.05, 4.69) is 5.32 Å². The van der Waals surface area contributed by atoms with Crippen molar-refractivity contribution in [3.8, 4) is 0 Å².